The molecule has 0 radical (unpaired) electrons. The lowest BCUT2D eigenvalue weighted by Crippen LogP contribution is -1.95. The molecule has 0 fully saturated rings. The average Bonchev–Trinajstić information content (AvgIpc) is 2.78. The highest BCUT2D eigenvalue weighted by Gasteiger charge is 2.10. The molecule has 0 aliphatic heterocycles. The summed E-state index contributed by atoms with van der Waals surface area (Å²) < 4.78 is 1.67. The van der Waals surface area contributed by atoms with Gasteiger partial charge in [0.25, 0.3) is 0 Å². The van der Waals surface area contributed by atoms with Gasteiger partial charge in [0.15, 0.2) is 0 Å². The normalized spacial score (nSPS) is 12.7. The predicted molar refractivity (Wildman–Crippen MR) is 58.9 cm³/mol. The number of nitrogens with zero attached hydrogens (tertiary/aromatic N) is 5. The molecule has 1 atom stereocenters. The molecule has 2 heterocycles. The number of aromatic nitrogens is 5. The van der Waals surface area contributed by atoms with E-state index in [0.29, 0.717) is 0 Å². The van der Waals surface area contributed by atoms with Gasteiger partial charge in [0.05, 0.1) is 29.1 Å². The topological polar surface area (TPSA) is 56.5 Å². The highest BCUT2D eigenvalue weighted by Crippen LogP contribution is 2.23. The van der Waals surface area contributed by atoms with Gasteiger partial charge < -0.3 is 0 Å². The smallest absolute Gasteiger partial charge is 0.115 e. The summed E-state index contributed by atoms with van der Waals surface area (Å²) in [5.74, 6) is 0. The van der Waals surface area contributed by atoms with Gasteiger partial charge in [0, 0.05) is 0 Å². The Hall–Kier alpha value is -1.30. The zero-order valence-corrected chi connectivity index (χ0v) is 9.79. The molecule has 2 rings (SSSR count). The van der Waals surface area contributed by atoms with Gasteiger partial charge in [-0.15, -0.1) is 5.10 Å². The minimum atomic E-state index is 0.246. The summed E-state index contributed by atoms with van der Waals surface area (Å²) >= 11 is 3.52. The maximum absolute atomic E-state index is 4.07. The quantitative estimate of drug-likeness (QED) is 0.798. The van der Waals surface area contributed by atoms with Crippen molar-refractivity contribution < 1.29 is 0 Å². The lowest BCUT2D eigenvalue weighted by Gasteiger charge is -1.99. The molecule has 2 aromatic heterocycles. The molecule has 0 saturated carbocycles. The van der Waals surface area contributed by atoms with Crippen molar-refractivity contribution in [2.45, 2.75) is 18.2 Å². The molecule has 6 heteroatoms. The predicted octanol–water partition coefficient (Wildman–Crippen LogP) is 1.90. The van der Waals surface area contributed by atoms with Crippen LogP contribution < -0.4 is 0 Å². The summed E-state index contributed by atoms with van der Waals surface area (Å²) in [6.45, 7) is 2.09. The van der Waals surface area contributed by atoms with Crippen molar-refractivity contribution in [2.24, 2.45) is 0 Å². The fourth-order valence-corrected chi connectivity index (χ4v) is 1.37. The van der Waals surface area contributed by atoms with Crippen LogP contribution in [0.25, 0.3) is 5.69 Å². The van der Waals surface area contributed by atoms with E-state index in [4.69, 9.17) is 0 Å². The van der Waals surface area contributed by atoms with Crippen LogP contribution in [-0.4, -0.2) is 25.0 Å². The maximum Gasteiger partial charge on any atom is 0.115 e. The Bertz CT molecular complexity index is 427. The number of alkyl halides is 1. The van der Waals surface area contributed by atoms with Crippen LogP contribution in [-0.2, 0) is 0 Å². The third-order valence-electron chi connectivity index (χ3n) is 2.00. The largest absolute Gasteiger partial charge is 0.243 e. The minimum absolute atomic E-state index is 0.246. The molecular weight excluding hydrogens is 258 g/mol. The van der Waals surface area contributed by atoms with Crippen molar-refractivity contribution in [3.8, 4) is 5.69 Å². The van der Waals surface area contributed by atoms with Gasteiger partial charge in [-0.2, -0.15) is 0 Å². The number of rotatable bonds is 3. The first-order valence-corrected chi connectivity index (χ1v) is 5.54. The van der Waals surface area contributed by atoms with E-state index in [0.717, 1.165) is 17.8 Å². The SMILES string of the molecule is CCC(Br)c1cn(-c2cncnc2)nn1. The molecule has 15 heavy (non-hydrogen) atoms. The van der Waals surface area contributed by atoms with E-state index in [-0.39, 0.29) is 4.83 Å². The zero-order chi connectivity index (χ0) is 10.7. The standard InChI is InChI=1S/C9H10BrN5/c1-2-8(10)9-5-15(14-13-9)7-3-11-6-12-4-7/h3-6,8H,2H2,1H3. The van der Waals surface area contributed by atoms with Gasteiger partial charge in [-0.3, -0.25) is 0 Å². The van der Waals surface area contributed by atoms with Gasteiger partial charge in [-0.25, -0.2) is 14.6 Å². The average molecular weight is 268 g/mol. The van der Waals surface area contributed by atoms with Crippen molar-refractivity contribution in [1.82, 2.24) is 25.0 Å². The summed E-state index contributed by atoms with van der Waals surface area (Å²) in [5, 5.41) is 8.09. The van der Waals surface area contributed by atoms with Crippen molar-refractivity contribution in [3.63, 3.8) is 0 Å². The molecule has 0 aliphatic rings. The first kappa shape index (κ1) is 10.2. The molecular formula is C9H10BrN5. The van der Waals surface area contributed by atoms with Crippen molar-refractivity contribution in [3.05, 3.63) is 30.6 Å². The zero-order valence-electron chi connectivity index (χ0n) is 8.21. The van der Waals surface area contributed by atoms with Crippen molar-refractivity contribution in [1.29, 1.82) is 0 Å². The van der Waals surface area contributed by atoms with Crippen LogP contribution in [0.3, 0.4) is 0 Å². The third kappa shape index (κ3) is 2.20. The Morgan fingerprint density at radius 1 is 1.40 bits per heavy atom. The Labute approximate surface area is 95.7 Å². The van der Waals surface area contributed by atoms with E-state index in [1.165, 1.54) is 6.33 Å². The lowest BCUT2D eigenvalue weighted by atomic mass is 10.3. The molecule has 78 valence electrons. The molecule has 0 bridgehead atoms. The van der Waals surface area contributed by atoms with E-state index >= 15 is 0 Å². The molecule has 0 aliphatic carbocycles. The second kappa shape index (κ2) is 4.48. The second-order valence-corrected chi connectivity index (χ2v) is 4.17. The number of hydrogen-bond donors (Lipinski definition) is 0. The number of halogens is 1. The minimum Gasteiger partial charge on any atom is -0.243 e. The Morgan fingerprint density at radius 2 is 2.13 bits per heavy atom. The maximum atomic E-state index is 4.07. The second-order valence-electron chi connectivity index (χ2n) is 3.06. The Balaban J connectivity index is 2.28. The van der Waals surface area contributed by atoms with E-state index in [9.17, 15) is 0 Å². The summed E-state index contributed by atoms with van der Waals surface area (Å²) in [5.41, 5.74) is 1.73. The van der Waals surface area contributed by atoms with Crippen molar-refractivity contribution >= 4 is 15.9 Å². The summed E-state index contributed by atoms with van der Waals surface area (Å²) in [6.07, 6.45) is 7.73. The van der Waals surface area contributed by atoms with Gasteiger partial charge in [0.1, 0.15) is 12.0 Å². The first-order chi connectivity index (χ1) is 7.31. The molecule has 0 N–H and O–H groups in total. The molecule has 0 saturated heterocycles. The summed E-state index contributed by atoms with van der Waals surface area (Å²) in [7, 11) is 0. The fourth-order valence-electron chi connectivity index (χ4n) is 1.17. The summed E-state index contributed by atoms with van der Waals surface area (Å²) in [6, 6.07) is 0. The van der Waals surface area contributed by atoms with Crippen LogP contribution in [0.2, 0.25) is 0 Å². The molecule has 0 aromatic carbocycles. The van der Waals surface area contributed by atoms with Crippen LogP contribution in [0, 0.1) is 0 Å². The lowest BCUT2D eigenvalue weighted by molar-refractivity contribution is 0.783. The Kier molecular flexibility index (Phi) is 3.05. The van der Waals surface area contributed by atoms with Gasteiger partial charge in [-0.1, -0.05) is 28.1 Å². The molecule has 0 amide bonds. The molecule has 5 nitrogen and oxygen atoms in total. The van der Waals surface area contributed by atoms with Gasteiger partial charge >= 0.3 is 0 Å². The van der Waals surface area contributed by atoms with E-state index in [2.05, 4.69) is 43.1 Å². The monoisotopic (exact) mass is 267 g/mol. The molecule has 0 spiro atoms. The van der Waals surface area contributed by atoms with Crippen LogP contribution in [0.5, 0.6) is 0 Å². The van der Waals surface area contributed by atoms with Crippen LogP contribution in [0.15, 0.2) is 24.9 Å². The van der Waals surface area contributed by atoms with E-state index in [1.807, 2.05) is 6.20 Å². The van der Waals surface area contributed by atoms with Crippen LogP contribution in [0.1, 0.15) is 23.9 Å². The van der Waals surface area contributed by atoms with Crippen LogP contribution in [0.4, 0.5) is 0 Å². The van der Waals surface area contributed by atoms with E-state index in [1.54, 1.807) is 17.1 Å². The van der Waals surface area contributed by atoms with Gasteiger partial charge in [0.2, 0.25) is 0 Å². The highest BCUT2D eigenvalue weighted by molar-refractivity contribution is 9.09. The Morgan fingerprint density at radius 3 is 2.80 bits per heavy atom. The van der Waals surface area contributed by atoms with Gasteiger partial charge in [-0.05, 0) is 6.42 Å². The van der Waals surface area contributed by atoms with E-state index < -0.39 is 0 Å². The molecule has 2 aromatic rings. The third-order valence-corrected chi connectivity index (χ3v) is 3.12. The highest BCUT2D eigenvalue weighted by atomic mass is 79.9. The summed E-state index contributed by atoms with van der Waals surface area (Å²) in [4.78, 5) is 8.09. The van der Waals surface area contributed by atoms with Crippen molar-refractivity contribution in [2.75, 3.05) is 0 Å². The number of hydrogen-bond acceptors (Lipinski definition) is 4. The first-order valence-electron chi connectivity index (χ1n) is 4.63. The molecule has 1 unspecified atom stereocenters. The fraction of sp³-hybridized carbons (Fsp3) is 0.333. The van der Waals surface area contributed by atoms with Crippen LogP contribution >= 0.6 is 15.9 Å².